The number of hydrogen-bond donors (Lipinski definition) is 2. The first-order valence-corrected chi connectivity index (χ1v) is 9.12. The Hall–Kier alpha value is -2.24. The summed E-state index contributed by atoms with van der Waals surface area (Å²) in [6.07, 6.45) is -2.20. The number of aliphatic imine (C=N–C) groups is 1. The van der Waals surface area contributed by atoms with Crippen LogP contribution in [0.15, 0.2) is 46.0 Å². The van der Waals surface area contributed by atoms with Gasteiger partial charge in [0.05, 0.1) is 11.8 Å². The van der Waals surface area contributed by atoms with E-state index in [2.05, 4.69) is 15.6 Å². The lowest BCUT2D eigenvalue weighted by molar-refractivity contribution is -0.137. The second-order valence-electron chi connectivity index (χ2n) is 6.57. The lowest BCUT2D eigenvalue weighted by Gasteiger charge is -2.22. The van der Waals surface area contributed by atoms with Crippen molar-refractivity contribution in [2.45, 2.75) is 26.1 Å². The van der Waals surface area contributed by atoms with Crippen LogP contribution < -0.4 is 10.6 Å². The number of alkyl halides is 3. The SMILES string of the molecule is CN=C(NCCCNC(=O)c1occc1C)N(C)Cc1ccc(C(F)(F)F)cc1.I. The van der Waals surface area contributed by atoms with Crippen molar-refractivity contribution in [1.29, 1.82) is 0 Å². The average molecular weight is 538 g/mol. The summed E-state index contributed by atoms with van der Waals surface area (Å²) in [5, 5.41) is 5.95. The summed E-state index contributed by atoms with van der Waals surface area (Å²) in [6.45, 7) is 3.25. The van der Waals surface area contributed by atoms with Gasteiger partial charge in [0.15, 0.2) is 11.7 Å². The predicted molar refractivity (Wildman–Crippen MR) is 120 cm³/mol. The standard InChI is InChI=1S/C20H25F3N4O2.HI/c1-14-9-12-29-17(14)18(28)25-10-4-11-26-19(24-2)27(3)13-15-5-7-16(8-6-15)20(21,22)23;/h5-9,12H,4,10-11,13H2,1-3H3,(H,24,26)(H,25,28);1H. The van der Waals surface area contributed by atoms with Gasteiger partial charge in [-0.2, -0.15) is 13.2 Å². The Balaban J connectivity index is 0.00000450. The van der Waals surface area contributed by atoms with Crippen molar-refractivity contribution < 1.29 is 22.4 Å². The molecule has 166 valence electrons. The fraction of sp³-hybridized carbons (Fsp3) is 0.400. The van der Waals surface area contributed by atoms with Crippen LogP contribution in [-0.4, -0.2) is 44.0 Å². The number of amides is 1. The number of carbonyl (C=O) groups is 1. The summed E-state index contributed by atoms with van der Waals surface area (Å²) in [6, 6.07) is 6.79. The summed E-state index contributed by atoms with van der Waals surface area (Å²) >= 11 is 0. The van der Waals surface area contributed by atoms with Crippen LogP contribution in [-0.2, 0) is 12.7 Å². The second-order valence-corrected chi connectivity index (χ2v) is 6.57. The molecule has 0 aliphatic heterocycles. The van der Waals surface area contributed by atoms with E-state index < -0.39 is 11.7 Å². The van der Waals surface area contributed by atoms with Crippen LogP contribution in [0.4, 0.5) is 13.2 Å². The number of guanidine groups is 1. The van der Waals surface area contributed by atoms with Crippen molar-refractivity contribution in [3.05, 3.63) is 59.0 Å². The molecule has 0 saturated carbocycles. The van der Waals surface area contributed by atoms with E-state index in [4.69, 9.17) is 4.42 Å². The van der Waals surface area contributed by atoms with Crippen molar-refractivity contribution in [3.8, 4) is 0 Å². The molecule has 0 unspecified atom stereocenters. The molecule has 2 rings (SSSR count). The van der Waals surface area contributed by atoms with Gasteiger partial charge in [-0.3, -0.25) is 9.79 Å². The Labute approximate surface area is 190 Å². The van der Waals surface area contributed by atoms with Gasteiger partial charge in [0.25, 0.3) is 5.91 Å². The maximum atomic E-state index is 12.6. The molecule has 30 heavy (non-hydrogen) atoms. The van der Waals surface area contributed by atoms with E-state index in [0.29, 0.717) is 37.8 Å². The molecule has 1 aromatic carbocycles. The topological polar surface area (TPSA) is 69.9 Å². The molecule has 2 aromatic rings. The van der Waals surface area contributed by atoms with Crippen LogP contribution in [0.5, 0.6) is 0 Å². The molecule has 0 saturated heterocycles. The van der Waals surface area contributed by atoms with E-state index in [1.165, 1.54) is 18.4 Å². The Morgan fingerprint density at radius 3 is 2.30 bits per heavy atom. The van der Waals surface area contributed by atoms with Gasteiger partial charge in [0.1, 0.15) is 0 Å². The number of nitrogens with zero attached hydrogens (tertiary/aromatic N) is 2. The zero-order valence-corrected chi connectivity index (χ0v) is 19.4. The normalized spacial score (nSPS) is 11.6. The lowest BCUT2D eigenvalue weighted by Crippen LogP contribution is -2.39. The molecule has 0 radical (unpaired) electrons. The minimum absolute atomic E-state index is 0. The quantitative estimate of drug-likeness (QED) is 0.242. The third-order valence-electron chi connectivity index (χ3n) is 4.26. The molecule has 0 aliphatic carbocycles. The van der Waals surface area contributed by atoms with E-state index in [1.54, 1.807) is 27.1 Å². The van der Waals surface area contributed by atoms with Crippen LogP contribution in [0.2, 0.25) is 0 Å². The number of rotatable bonds is 7. The maximum absolute atomic E-state index is 12.6. The number of hydrogen-bond acceptors (Lipinski definition) is 3. The van der Waals surface area contributed by atoms with Crippen molar-refractivity contribution in [1.82, 2.24) is 15.5 Å². The second kappa shape index (κ2) is 11.8. The van der Waals surface area contributed by atoms with Crippen molar-refractivity contribution in [2.24, 2.45) is 4.99 Å². The molecule has 0 aliphatic rings. The Bertz CT molecular complexity index is 835. The number of benzene rings is 1. The first kappa shape index (κ1) is 25.8. The molecule has 10 heteroatoms. The monoisotopic (exact) mass is 538 g/mol. The van der Waals surface area contributed by atoms with Gasteiger partial charge in [-0.1, -0.05) is 12.1 Å². The Morgan fingerprint density at radius 1 is 1.13 bits per heavy atom. The highest BCUT2D eigenvalue weighted by atomic mass is 127. The van der Waals surface area contributed by atoms with E-state index in [1.807, 2.05) is 4.90 Å². The zero-order valence-electron chi connectivity index (χ0n) is 17.0. The predicted octanol–water partition coefficient (Wildman–Crippen LogP) is 4.05. The molecular formula is C20H26F3IN4O2. The highest BCUT2D eigenvalue weighted by Crippen LogP contribution is 2.29. The molecule has 1 heterocycles. The lowest BCUT2D eigenvalue weighted by atomic mass is 10.1. The average Bonchev–Trinajstić information content (AvgIpc) is 3.10. The molecule has 0 fully saturated rings. The van der Waals surface area contributed by atoms with Crippen molar-refractivity contribution >= 4 is 35.8 Å². The number of furan rings is 1. The molecule has 2 N–H and O–H groups in total. The van der Waals surface area contributed by atoms with Gasteiger partial charge in [0.2, 0.25) is 0 Å². The van der Waals surface area contributed by atoms with E-state index >= 15 is 0 Å². The smallest absolute Gasteiger partial charge is 0.416 e. The van der Waals surface area contributed by atoms with Gasteiger partial charge in [-0.25, -0.2) is 0 Å². The van der Waals surface area contributed by atoms with Gasteiger partial charge in [-0.05, 0) is 37.1 Å². The van der Waals surface area contributed by atoms with Crippen LogP contribution in [0.1, 0.15) is 33.7 Å². The molecule has 0 atom stereocenters. The molecule has 0 bridgehead atoms. The number of halogens is 4. The van der Waals surface area contributed by atoms with Gasteiger partial charge >= 0.3 is 6.18 Å². The van der Waals surface area contributed by atoms with Gasteiger partial charge in [0, 0.05) is 39.3 Å². The number of aryl methyl sites for hydroxylation is 1. The molecule has 1 amide bonds. The molecule has 6 nitrogen and oxygen atoms in total. The molecule has 1 aromatic heterocycles. The summed E-state index contributed by atoms with van der Waals surface area (Å²) in [5.74, 6) is 0.666. The summed E-state index contributed by atoms with van der Waals surface area (Å²) in [4.78, 5) is 17.9. The zero-order chi connectivity index (χ0) is 21.4. The number of nitrogens with one attached hydrogen (secondary N) is 2. The van der Waals surface area contributed by atoms with Crippen molar-refractivity contribution in [3.63, 3.8) is 0 Å². The summed E-state index contributed by atoms with van der Waals surface area (Å²) < 4.78 is 43.1. The van der Waals surface area contributed by atoms with E-state index in [9.17, 15) is 18.0 Å². The third kappa shape index (κ3) is 7.54. The fourth-order valence-corrected chi connectivity index (χ4v) is 2.71. The van der Waals surface area contributed by atoms with Crippen LogP contribution in [0, 0.1) is 6.92 Å². The van der Waals surface area contributed by atoms with Crippen molar-refractivity contribution in [2.75, 3.05) is 27.2 Å². The highest BCUT2D eigenvalue weighted by molar-refractivity contribution is 14.0. The fourth-order valence-electron chi connectivity index (χ4n) is 2.71. The third-order valence-corrected chi connectivity index (χ3v) is 4.26. The van der Waals surface area contributed by atoms with E-state index in [0.717, 1.165) is 23.3 Å². The van der Waals surface area contributed by atoms with Gasteiger partial charge < -0.3 is 20.0 Å². The first-order valence-electron chi connectivity index (χ1n) is 9.12. The first-order chi connectivity index (χ1) is 13.7. The molecule has 0 spiro atoms. The van der Waals surface area contributed by atoms with Crippen LogP contribution in [0.3, 0.4) is 0 Å². The van der Waals surface area contributed by atoms with Gasteiger partial charge in [-0.15, -0.1) is 24.0 Å². The Kier molecular flexibility index (Phi) is 10.2. The number of carbonyl (C=O) groups excluding carboxylic acids is 1. The van der Waals surface area contributed by atoms with E-state index in [-0.39, 0.29) is 29.9 Å². The minimum atomic E-state index is -4.34. The van der Waals surface area contributed by atoms with Crippen LogP contribution in [0.25, 0.3) is 0 Å². The largest absolute Gasteiger partial charge is 0.459 e. The molecular weight excluding hydrogens is 512 g/mol. The summed E-state index contributed by atoms with van der Waals surface area (Å²) in [5.41, 5.74) is 0.855. The maximum Gasteiger partial charge on any atom is 0.416 e. The minimum Gasteiger partial charge on any atom is -0.459 e. The van der Waals surface area contributed by atoms with Crippen LogP contribution >= 0.6 is 24.0 Å². The summed E-state index contributed by atoms with van der Waals surface area (Å²) in [7, 11) is 3.43. The highest BCUT2D eigenvalue weighted by Gasteiger charge is 2.29. The Morgan fingerprint density at radius 2 is 1.77 bits per heavy atom.